The zero-order valence-electron chi connectivity index (χ0n) is 45.7. The lowest BCUT2D eigenvalue weighted by atomic mass is 9.94. The van der Waals surface area contributed by atoms with Crippen LogP contribution in [0, 0.1) is 11.8 Å². The monoisotopic (exact) mass is 1140 g/mol. The van der Waals surface area contributed by atoms with Crippen LogP contribution in [-0.2, 0) is 73.9 Å². The minimum atomic E-state index is -1.17. The van der Waals surface area contributed by atoms with Crippen molar-refractivity contribution in [1.29, 1.82) is 0 Å². The Morgan fingerprint density at radius 3 is 1.20 bits per heavy atom. The van der Waals surface area contributed by atoms with Gasteiger partial charge in [-0.3, -0.25) is 47.9 Å². The highest BCUT2D eigenvalue weighted by Gasteiger charge is 2.43. The minimum absolute atomic E-state index is 0. The number of carbonyl (C=O) groups excluding carboxylic acids is 10. The largest absolute Gasteiger partial charge is 0.343 e. The molecule has 4 atom stereocenters. The number of thiophene rings is 2. The lowest BCUT2D eigenvalue weighted by Gasteiger charge is -2.37. The predicted octanol–water partition coefficient (Wildman–Crippen LogP) is 4.91. The Hall–Kier alpha value is -6.85. The van der Waals surface area contributed by atoms with E-state index in [2.05, 4.69) is 21.3 Å². The number of carbonyl (C=O) groups is 10. The molecule has 8 N–H and O–H groups in total. The first-order valence-electron chi connectivity index (χ1n) is 26.1. The lowest BCUT2D eigenvalue weighted by molar-refractivity contribution is -0.133. The molecule has 2 fully saturated rings. The molecule has 0 spiro atoms. The third-order valence-electron chi connectivity index (χ3n) is 13.6. The topological polar surface area (TPSA) is 284 Å². The first-order valence-corrected chi connectivity index (χ1v) is 28.0. The quantitative estimate of drug-likeness (QED) is 0.0726. The molecule has 2 aromatic carbocycles. The highest BCUT2D eigenvalue weighted by molar-refractivity contribution is 7.08. The van der Waals surface area contributed by atoms with E-state index in [9.17, 15) is 47.9 Å². The Morgan fingerprint density at radius 1 is 0.570 bits per heavy atom. The van der Waals surface area contributed by atoms with Crippen molar-refractivity contribution >= 4 is 117 Å². The predicted molar refractivity (Wildman–Crippen MR) is 305 cm³/mol. The first kappa shape index (κ1) is 61.4. The van der Waals surface area contributed by atoms with Crippen LogP contribution in [0.2, 0.25) is 0 Å². The van der Waals surface area contributed by atoms with Crippen molar-refractivity contribution in [3.63, 3.8) is 0 Å². The zero-order valence-corrected chi connectivity index (χ0v) is 48.2. The van der Waals surface area contributed by atoms with E-state index in [0.717, 1.165) is 32.1 Å². The number of halogens is 1. The van der Waals surface area contributed by atoms with Gasteiger partial charge in [0, 0.05) is 38.5 Å². The number of hydrogen-bond donors (Lipinski definition) is 6. The molecule has 4 aliphatic rings. The highest BCUT2D eigenvalue weighted by atomic mass is 35.5. The van der Waals surface area contributed by atoms with E-state index in [1.807, 2.05) is 73.5 Å². The molecule has 4 aliphatic heterocycles. The number of benzene rings is 2. The van der Waals surface area contributed by atoms with Crippen LogP contribution < -0.4 is 52.3 Å². The lowest BCUT2D eigenvalue weighted by Crippen LogP contribution is -2.59. The van der Waals surface area contributed by atoms with Crippen LogP contribution in [-0.4, -0.2) is 94.3 Å². The third kappa shape index (κ3) is 14.5. The van der Waals surface area contributed by atoms with E-state index in [1.165, 1.54) is 22.7 Å². The summed E-state index contributed by atoms with van der Waals surface area (Å²) >= 11 is 2.99. The Morgan fingerprint density at radius 2 is 0.911 bits per heavy atom. The molecule has 0 aliphatic carbocycles. The molecular weight excluding hydrogens is 1070 g/mol. The summed E-state index contributed by atoms with van der Waals surface area (Å²) < 4.78 is 0. The third-order valence-corrected chi connectivity index (χ3v) is 15.1. The van der Waals surface area contributed by atoms with E-state index in [0.29, 0.717) is 35.6 Å². The van der Waals surface area contributed by atoms with Gasteiger partial charge in [-0.05, 0) is 120 Å². The summed E-state index contributed by atoms with van der Waals surface area (Å²) in [5.41, 5.74) is 14.5. The second-order valence-electron chi connectivity index (χ2n) is 22.2. The number of imide groups is 2. The molecular formula is C56H71ClN10O10S2. The molecule has 6 heterocycles. The van der Waals surface area contributed by atoms with Gasteiger partial charge in [0.1, 0.15) is 24.2 Å². The molecule has 4 aromatic rings. The summed E-state index contributed by atoms with van der Waals surface area (Å²) in [6.45, 7) is 14.4. The van der Waals surface area contributed by atoms with E-state index in [-0.39, 0.29) is 111 Å². The van der Waals surface area contributed by atoms with Crippen LogP contribution in [0.1, 0.15) is 116 Å². The van der Waals surface area contributed by atoms with E-state index in [4.69, 9.17) is 11.5 Å². The maximum atomic E-state index is 13.9. The van der Waals surface area contributed by atoms with Crippen molar-refractivity contribution in [3.05, 3.63) is 92.3 Å². The summed E-state index contributed by atoms with van der Waals surface area (Å²) in [5, 5.41) is 18.8. The second kappa shape index (κ2) is 25.5. The maximum absolute atomic E-state index is 13.9. The van der Waals surface area contributed by atoms with Gasteiger partial charge in [0.05, 0.1) is 46.9 Å². The number of para-hydroxylation sites is 2. The molecule has 2 unspecified atom stereocenters. The van der Waals surface area contributed by atoms with E-state index >= 15 is 0 Å². The Balaban J connectivity index is 0.000000252. The van der Waals surface area contributed by atoms with Crippen molar-refractivity contribution in [3.8, 4) is 0 Å². The van der Waals surface area contributed by atoms with Gasteiger partial charge >= 0.3 is 0 Å². The van der Waals surface area contributed by atoms with Crippen molar-refractivity contribution in [2.24, 2.45) is 23.3 Å². The molecule has 2 aromatic heterocycles. The number of amides is 10. The molecule has 79 heavy (non-hydrogen) atoms. The van der Waals surface area contributed by atoms with Crippen LogP contribution in [0.15, 0.2) is 70.1 Å². The number of nitrogens with zero attached hydrogens (tertiary/aromatic N) is 4. The molecule has 2 saturated heterocycles. The van der Waals surface area contributed by atoms with Crippen molar-refractivity contribution in [2.45, 2.75) is 155 Å². The summed E-state index contributed by atoms with van der Waals surface area (Å²) in [6.07, 6.45) is 1.60. The number of rotatable bonds is 18. The molecule has 8 rings (SSSR count). The van der Waals surface area contributed by atoms with Gasteiger partial charge in [-0.15, -0.1) is 12.4 Å². The van der Waals surface area contributed by atoms with E-state index in [1.54, 1.807) is 61.8 Å². The molecule has 0 saturated carbocycles. The summed E-state index contributed by atoms with van der Waals surface area (Å²) in [7, 11) is 0. The Labute approximate surface area is 474 Å². The van der Waals surface area contributed by atoms with Gasteiger partial charge in [-0.25, -0.2) is 9.80 Å². The average molecular weight is 1140 g/mol. The van der Waals surface area contributed by atoms with Gasteiger partial charge in [0.15, 0.2) is 0 Å². The molecule has 0 radical (unpaired) electrons. The number of fused-ring (bicyclic) bond motifs is 2. The number of nitrogens with one attached hydrogen (secondary N) is 4. The molecule has 0 bridgehead atoms. The van der Waals surface area contributed by atoms with Gasteiger partial charge in [0.2, 0.25) is 59.1 Å². The van der Waals surface area contributed by atoms with Gasteiger partial charge in [-0.1, -0.05) is 52.0 Å². The summed E-state index contributed by atoms with van der Waals surface area (Å²) in [4.78, 5) is 136. The number of nitrogens with two attached hydrogens (primary N) is 2. The fourth-order valence-corrected chi connectivity index (χ4v) is 11.0. The SMILES string of the molecule is CC(C)C[C@@H](NC(=O)C(C)(C)N)C(=O)NC1Cc2cccc(N3C(=O)CCC3=O)c2N(Cc2ccsc2)C1=O.CC(C)C[C@@H](NC(=O)C(C)(C)N)C(=O)NC1Cc2cccc(N3C(=O)CCC3=O)c2N(Cc2ccsc2)C1=O.Cl. The number of hydrogen-bond acceptors (Lipinski definition) is 14. The van der Waals surface area contributed by atoms with Crippen LogP contribution in [0.3, 0.4) is 0 Å². The van der Waals surface area contributed by atoms with Crippen molar-refractivity contribution in [1.82, 2.24) is 21.3 Å². The number of anilines is 4. The van der Waals surface area contributed by atoms with Gasteiger partial charge in [0.25, 0.3) is 0 Å². The minimum Gasteiger partial charge on any atom is -0.343 e. The Bertz CT molecular complexity index is 2740. The zero-order chi connectivity index (χ0) is 57.0. The fraction of sp³-hybridized carbons (Fsp3) is 0.464. The second-order valence-corrected chi connectivity index (χ2v) is 23.8. The van der Waals surface area contributed by atoms with Gasteiger partial charge < -0.3 is 42.5 Å². The summed E-state index contributed by atoms with van der Waals surface area (Å²) in [5.74, 6) is -3.62. The maximum Gasteiger partial charge on any atom is 0.250 e. The smallest absolute Gasteiger partial charge is 0.250 e. The normalized spacial score (nSPS) is 18.2. The van der Waals surface area contributed by atoms with Crippen LogP contribution in [0.25, 0.3) is 0 Å². The van der Waals surface area contributed by atoms with Gasteiger partial charge in [-0.2, -0.15) is 22.7 Å². The molecule has 10 amide bonds. The molecule has 23 heteroatoms. The summed E-state index contributed by atoms with van der Waals surface area (Å²) in [6, 6.07) is 10.8. The standard InChI is InChI=1S/2C28H35N5O5S.ClH/c2*1-16(2)12-19(31-27(38)28(3,4)29)25(36)30-20-13-18-6-5-7-21(33-22(34)8-9-23(33)35)24(18)32(26(20)37)14-17-10-11-39-15-17;/h2*5-7,10-11,15-16,19-20H,8-9,12-14,29H2,1-4H3,(H,30,36)(H,31,38);1H/t2*19-,20?;/m11./s1. The average Bonchev–Trinajstić information content (AvgIpc) is 4.33. The molecule has 424 valence electrons. The van der Waals surface area contributed by atoms with Crippen LogP contribution in [0.4, 0.5) is 22.7 Å². The van der Waals surface area contributed by atoms with E-state index < -0.39 is 58.9 Å². The van der Waals surface area contributed by atoms with Crippen LogP contribution >= 0.6 is 35.1 Å². The fourth-order valence-electron chi connectivity index (χ4n) is 9.68. The molecule has 20 nitrogen and oxygen atoms in total. The first-order chi connectivity index (χ1) is 36.7. The highest BCUT2D eigenvalue weighted by Crippen LogP contribution is 2.42. The Kier molecular flexibility index (Phi) is 19.8. The van der Waals surface area contributed by atoms with Crippen molar-refractivity contribution < 1.29 is 47.9 Å². The van der Waals surface area contributed by atoms with Crippen LogP contribution in [0.5, 0.6) is 0 Å². The van der Waals surface area contributed by atoms with Crippen molar-refractivity contribution in [2.75, 3.05) is 19.6 Å².